The van der Waals surface area contributed by atoms with Crippen molar-refractivity contribution in [3.8, 4) is 0 Å². The second-order valence-electron chi connectivity index (χ2n) is 2.16. The summed E-state index contributed by atoms with van der Waals surface area (Å²) >= 11 is 0. The van der Waals surface area contributed by atoms with Gasteiger partial charge >= 0.3 is 0 Å². The first-order valence-corrected chi connectivity index (χ1v) is 3.00. The normalized spacial score (nSPS) is 18.1. The molecule has 1 heterocycles. The molecule has 0 bridgehead atoms. The van der Waals surface area contributed by atoms with Crippen LogP contribution in [0.15, 0.2) is 36.7 Å². The van der Waals surface area contributed by atoms with Gasteiger partial charge in [0.1, 0.15) is 0 Å². The number of rotatable bonds is 1. The number of hydrogen-bond acceptors (Lipinski definition) is 1. The van der Waals surface area contributed by atoms with Crippen molar-refractivity contribution >= 4 is 0 Å². The Labute approximate surface area is 56.0 Å². The third-order valence-corrected chi connectivity index (χ3v) is 1.62. The van der Waals surface area contributed by atoms with E-state index in [0.717, 1.165) is 12.1 Å². The van der Waals surface area contributed by atoms with Gasteiger partial charge in [-0.3, -0.25) is 0 Å². The fraction of sp³-hybridized carbons (Fsp3) is 0.250. The molecule has 0 aromatic carbocycles. The van der Waals surface area contributed by atoms with Crippen molar-refractivity contribution in [2.45, 2.75) is 6.42 Å². The average molecular weight is 121 g/mol. The molecular formula is C8H11N. The number of nitrogens with zero attached hydrogens (tertiary/aromatic N) is 1. The molecule has 1 aliphatic rings. The molecule has 0 atom stereocenters. The predicted molar refractivity (Wildman–Crippen MR) is 39.8 cm³/mol. The van der Waals surface area contributed by atoms with Gasteiger partial charge in [0, 0.05) is 24.9 Å². The van der Waals surface area contributed by atoms with Gasteiger partial charge in [-0.1, -0.05) is 19.2 Å². The second-order valence-corrected chi connectivity index (χ2v) is 2.16. The molecule has 0 saturated carbocycles. The maximum absolute atomic E-state index is 3.86. The van der Waals surface area contributed by atoms with Crippen LogP contribution in [0.2, 0.25) is 0 Å². The second kappa shape index (κ2) is 2.09. The molecule has 0 radical (unpaired) electrons. The van der Waals surface area contributed by atoms with E-state index in [1.807, 2.05) is 18.0 Å². The van der Waals surface area contributed by atoms with Crippen LogP contribution in [0.1, 0.15) is 6.42 Å². The summed E-state index contributed by atoms with van der Waals surface area (Å²) in [6.45, 7) is 7.54. The first-order chi connectivity index (χ1) is 4.25. The quantitative estimate of drug-likeness (QED) is 0.512. The Morgan fingerprint density at radius 3 is 2.67 bits per heavy atom. The van der Waals surface area contributed by atoms with E-state index < -0.39 is 0 Å². The lowest BCUT2D eigenvalue weighted by Gasteiger charge is -2.13. The highest BCUT2D eigenvalue weighted by Crippen LogP contribution is 2.21. The third-order valence-electron chi connectivity index (χ3n) is 1.62. The fourth-order valence-corrected chi connectivity index (χ4v) is 0.899. The largest absolute Gasteiger partial charge is 0.349 e. The van der Waals surface area contributed by atoms with Gasteiger partial charge in [0.2, 0.25) is 0 Å². The SMILES string of the molecule is C=CC1=CCC(=C)N1C. The molecule has 9 heavy (non-hydrogen) atoms. The van der Waals surface area contributed by atoms with Gasteiger partial charge in [0.25, 0.3) is 0 Å². The zero-order valence-corrected chi connectivity index (χ0v) is 5.72. The van der Waals surface area contributed by atoms with Crippen molar-refractivity contribution in [3.05, 3.63) is 36.7 Å². The maximum Gasteiger partial charge on any atom is 0.0362 e. The van der Waals surface area contributed by atoms with Crippen molar-refractivity contribution in [2.75, 3.05) is 7.05 Å². The first kappa shape index (κ1) is 6.14. The van der Waals surface area contributed by atoms with E-state index in [4.69, 9.17) is 0 Å². The lowest BCUT2D eigenvalue weighted by molar-refractivity contribution is 0.558. The zero-order valence-electron chi connectivity index (χ0n) is 5.72. The van der Waals surface area contributed by atoms with E-state index in [-0.39, 0.29) is 0 Å². The molecule has 1 heteroatoms. The van der Waals surface area contributed by atoms with Crippen molar-refractivity contribution in [1.29, 1.82) is 0 Å². The standard InChI is InChI=1S/C8H11N/c1-4-8-6-5-7(2)9(8)3/h4,6H,1-2,5H2,3H3. The van der Waals surface area contributed by atoms with Crippen LogP contribution in [0.3, 0.4) is 0 Å². The summed E-state index contributed by atoms with van der Waals surface area (Å²) in [5.41, 5.74) is 2.31. The summed E-state index contributed by atoms with van der Waals surface area (Å²) in [6.07, 6.45) is 4.94. The Kier molecular flexibility index (Phi) is 1.43. The van der Waals surface area contributed by atoms with Crippen molar-refractivity contribution in [2.24, 2.45) is 0 Å². The molecule has 0 aromatic heterocycles. The Morgan fingerprint density at radius 1 is 1.78 bits per heavy atom. The summed E-state index contributed by atoms with van der Waals surface area (Å²) < 4.78 is 0. The van der Waals surface area contributed by atoms with Crippen LogP contribution in [0.5, 0.6) is 0 Å². The Morgan fingerprint density at radius 2 is 2.44 bits per heavy atom. The van der Waals surface area contributed by atoms with E-state index >= 15 is 0 Å². The minimum absolute atomic E-state index is 0.970. The van der Waals surface area contributed by atoms with Gasteiger partial charge in [-0.2, -0.15) is 0 Å². The van der Waals surface area contributed by atoms with Gasteiger partial charge < -0.3 is 4.90 Å². The topological polar surface area (TPSA) is 3.24 Å². The monoisotopic (exact) mass is 121 g/mol. The van der Waals surface area contributed by atoms with Crippen LogP contribution in [0, 0.1) is 0 Å². The van der Waals surface area contributed by atoms with Crippen molar-refractivity contribution in [3.63, 3.8) is 0 Å². The molecule has 0 fully saturated rings. The highest BCUT2D eigenvalue weighted by Gasteiger charge is 2.09. The molecule has 0 spiro atoms. The molecule has 0 saturated heterocycles. The van der Waals surface area contributed by atoms with Crippen molar-refractivity contribution < 1.29 is 0 Å². The third kappa shape index (κ3) is 0.900. The molecule has 1 rings (SSSR count). The summed E-state index contributed by atoms with van der Waals surface area (Å²) in [4.78, 5) is 2.05. The van der Waals surface area contributed by atoms with Crippen LogP contribution in [0.4, 0.5) is 0 Å². The number of allylic oxidation sites excluding steroid dienone is 2. The number of likely N-dealkylation sites (N-methyl/N-ethyl adjacent to an activating group) is 1. The molecule has 0 N–H and O–H groups in total. The summed E-state index contributed by atoms with van der Waals surface area (Å²) in [5, 5.41) is 0. The zero-order chi connectivity index (χ0) is 6.85. The smallest absolute Gasteiger partial charge is 0.0362 e. The summed E-state index contributed by atoms with van der Waals surface area (Å²) in [5.74, 6) is 0. The molecule has 48 valence electrons. The molecule has 0 aliphatic carbocycles. The Hall–Kier alpha value is -0.980. The van der Waals surface area contributed by atoms with Gasteiger partial charge in [-0.25, -0.2) is 0 Å². The van der Waals surface area contributed by atoms with Crippen LogP contribution in [0.25, 0.3) is 0 Å². The van der Waals surface area contributed by atoms with Gasteiger partial charge in [-0.05, 0) is 6.08 Å². The van der Waals surface area contributed by atoms with Crippen LogP contribution in [-0.2, 0) is 0 Å². The van der Waals surface area contributed by atoms with Gasteiger partial charge in [-0.15, -0.1) is 0 Å². The van der Waals surface area contributed by atoms with E-state index in [0.29, 0.717) is 0 Å². The summed E-state index contributed by atoms with van der Waals surface area (Å²) in [7, 11) is 2.00. The predicted octanol–water partition coefficient (Wildman–Crippen LogP) is 1.91. The molecule has 0 amide bonds. The lowest BCUT2D eigenvalue weighted by Crippen LogP contribution is -2.08. The molecule has 1 nitrogen and oxygen atoms in total. The molecular weight excluding hydrogens is 110 g/mol. The fourth-order valence-electron chi connectivity index (χ4n) is 0.899. The van der Waals surface area contributed by atoms with Crippen LogP contribution in [-0.4, -0.2) is 11.9 Å². The van der Waals surface area contributed by atoms with E-state index in [2.05, 4.69) is 19.2 Å². The van der Waals surface area contributed by atoms with Crippen LogP contribution >= 0.6 is 0 Å². The average Bonchev–Trinajstić information content (AvgIpc) is 2.15. The lowest BCUT2D eigenvalue weighted by atomic mass is 10.4. The Balaban J connectivity index is 2.77. The van der Waals surface area contributed by atoms with E-state index in [9.17, 15) is 0 Å². The van der Waals surface area contributed by atoms with Crippen LogP contribution < -0.4 is 0 Å². The highest BCUT2D eigenvalue weighted by atomic mass is 15.1. The van der Waals surface area contributed by atoms with Gasteiger partial charge in [0.05, 0.1) is 0 Å². The number of hydrogen-bond donors (Lipinski definition) is 0. The molecule has 0 aromatic rings. The summed E-state index contributed by atoms with van der Waals surface area (Å²) in [6, 6.07) is 0. The minimum Gasteiger partial charge on any atom is -0.349 e. The van der Waals surface area contributed by atoms with Gasteiger partial charge in [0.15, 0.2) is 0 Å². The molecule has 1 aliphatic heterocycles. The first-order valence-electron chi connectivity index (χ1n) is 3.00. The minimum atomic E-state index is 0.970. The van der Waals surface area contributed by atoms with Crippen molar-refractivity contribution in [1.82, 2.24) is 4.90 Å². The Bertz CT molecular complexity index is 177. The maximum atomic E-state index is 3.86. The van der Waals surface area contributed by atoms with E-state index in [1.54, 1.807) is 0 Å². The molecule has 0 unspecified atom stereocenters. The highest BCUT2D eigenvalue weighted by molar-refractivity contribution is 5.27. The van der Waals surface area contributed by atoms with E-state index in [1.165, 1.54) is 5.70 Å².